The van der Waals surface area contributed by atoms with Gasteiger partial charge in [0.05, 0.1) is 0 Å². The molecule has 0 atom stereocenters. The maximum Gasteiger partial charge on any atom is 0.387 e. The molecule has 19 heavy (non-hydrogen) atoms. The van der Waals surface area contributed by atoms with E-state index in [9.17, 15) is 8.78 Å². The summed E-state index contributed by atoms with van der Waals surface area (Å²) in [6.07, 6.45) is 5.11. The Labute approximate surface area is 113 Å². The zero-order chi connectivity index (χ0) is 14.3. The van der Waals surface area contributed by atoms with Gasteiger partial charge in [-0.1, -0.05) is 19.1 Å². The molecule has 0 heterocycles. The van der Waals surface area contributed by atoms with Gasteiger partial charge in [0.15, 0.2) is 0 Å². The van der Waals surface area contributed by atoms with Crippen molar-refractivity contribution in [2.45, 2.75) is 33.8 Å². The quantitative estimate of drug-likeness (QED) is 0.758. The maximum atomic E-state index is 12.3. The molecule has 0 aliphatic carbocycles. The lowest BCUT2D eigenvalue weighted by Gasteiger charge is -2.12. The molecule has 0 radical (unpaired) electrons. The Kier molecular flexibility index (Phi) is 6.50. The van der Waals surface area contributed by atoms with Crippen LogP contribution in [0.2, 0.25) is 0 Å². The molecule has 0 fully saturated rings. The highest BCUT2D eigenvalue weighted by Gasteiger charge is 2.10. The molecule has 106 valence electrons. The van der Waals surface area contributed by atoms with Gasteiger partial charge >= 0.3 is 6.61 Å². The molecule has 0 amide bonds. The van der Waals surface area contributed by atoms with Gasteiger partial charge in [0.2, 0.25) is 0 Å². The largest absolute Gasteiger partial charge is 0.434 e. The van der Waals surface area contributed by atoms with E-state index in [-0.39, 0.29) is 5.75 Å². The molecule has 1 N–H and O–H groups in total. The number of nitrogens with one attached hydrogen (secondary N) is 1. The van der Waals surface area contributed by atoms with E-state index in [1.807, 2.05) is 24.3 Å². The van der Waals surface area contributed by atoms with Crippen molar-refractivity contribution in [1.82, 2.24) is 5.32 Å². The lowest BCUT2D eigenvalue weighted by Crippen LogP contribution is -2.13. The van der Waals surface area contributed by atoms with Crippen molar-refractivity contribution in [1.29, 1.82) is 0 Å². The van der Waals surface area contributed by atoms with E-state index in [1.54, 1.807) is 13.8 Å². The van der Waals surface area contributed by atoms with E-state index in [2.05, 4.69) is 17.0 Å². The zero-order valence-corrected chi connectivity index (χ0v) is 11.7. The Bertz CT molecular complexity index is 407. The van der Waals surface area contributed by atoms with Gasteiger partial charge in [-0.05, 0) is 55.6 Å². The zero-order valence-electron chi connectivity index (χ0n) is 11.7. The first kappa shape index (κ1) is 15.6. The van der Waals surface area contributed by atoms with Gasteiger partial charge in [-0.3, -0.25) is 0 Å². The standard InChI is InChI=1S/C15H21F2NO/c1-4-7-18-8-5-6-13-9-11(2)14(12(3)10-13)19-15(16)17/h5-6,9-10,15,18H,4,7-8H2,1-3H3. The molecule has 0 aliphatic rings. The van der Waals surface area contributed by atoms with Gasteiger partial charge in [0.1, 0.15) is 5.75 Å². The molecular weight excluding hydrogens is 248 g/mol. The van der Waals surface area contributed by atoms with E-state index in [0.29, 0.717) is 0 Å². The highest BCUT2D eigenvalue weighted by atomic mass is 19.3. The van der Waals surface area contributed by atoms with E-state index in [0.717, 1.165) is 36.2 Å². The van der Waals surface area contributed by atoms with Gasteiger partial charge in [-0.25, -0.2) is 0 Å². The Morgan fingerprint density at radius 3 is 2.42 bits per heavy atom. The van der Waals surface area contributed by atoms with E-state index in [1.165, 1.54) is 0 Å². The summed E-state index contributed by atoms with van der Waals surface area (Å²) in [4.78, 5) is 0. The smallest absolute Gasteiger partial charge is 0.387 e. The van der Waals surface area contributed by atoms with Gasteiger partial charge < -0.3 is 10.1 Å². The summed E-state index contributed by atoms with van der Waals surface area (Å²) in [5.41, 5.74) is 2.44. The third-order valence-corrected chi connectivity index (χ3v) is 2.69. The molecule has 0 spiro atoms. The number of halogens is 2. The van der Waals surface area contributed by atoms with Crippen LogP contribution in [0, 0.1) is 13.8 Å². The topological polar surface area (TPSA) is 21.3 Å². The van der Waals surface area contributed by atoms with Crippen LogP contribution < -0.4 is 10.1 Å². The fraction of sp³-hybridized carbons (Fsp3) is 0.467. The molecule has 0 unspecified atom stereocenters. The van der Waals surface area contributed by atoms with Crippen molar-refractivity contribution >= 4 is 6.08 Å². The van der Waals surface area contributed by atoms with E-state index >= 15 is 0 Å². The first-order chi connectivity index (χ1) is 9.04. The molecule has 0 aliphatic heterocycles. The van der Waals surface area contributed by atoms with E-state index < -0.39 is 6.61 Å². The molecule has 2 nitrogen and oxygen atoms in total. The number of alkyl halides is 2. The van der Waals surface area contributed by atoms with Crippen molar-refractivity contribution in [3.05, 3.63) is 34.9 Å². The summed E-state index contributed by atoms with van der Waals surface area (Å²) in [6.45, 7) is 4.68. The predicted octanol–water partition coefficient (Wildman–Crippen LogP) is 3.92. The summed E-state index contributed by atoms with van der Waals surface area (Å²) < 4.78 is 29.0. The Morgan fingerprint density at radius 1 is 1.26 bits per heavy atom. The van der Waals surface area contributed by atoms with Crippen molar-refractivity contribution in [3.63, 3.8) is 0 Å². The summed E-state index contributed by atoms with van der Waals surface area (Å²) in [6, 6.07) is 3.70. The number of rotatable bonds is 7. The first-order valence-electron chi connectivity index (χ1n) is 6.48. The highest BCUT2D eigenvalue weighted by Crippen LogP contribution is 2.26. The first-order valence-corrected chi connectivity index (χ1v) is 6.48. The monoisotopic (exact) mass is 269 g/mol. The molecule has 4 heteroatoms. The Hall–Kier alpha value is -1.42. The van der Waals surface area contributed by atoms with Crippen LogP contribution in [0.25, 0.3) is 6.08 Å². The Balaban J connectivity index is 2.72. The second-order valence-corrected chi connectivity index (χ2v) is 4.47. The molecule has 1 aromatic rings. The van der Waals surface area contributed by atoms with Crippen LogP contribution in [-0.2, 0) is 0 Å². The average Bonchev–Trinajstić information content (AvgIpc) is 2.33. The minimum Gasteiger partial charge on any atom is -0.434 e. The van der Waals surface area contributed by atoms with Crippen LogP contribution in [0.4, 0.5) is 8.78 Å². The minimum absolute atomic E-state index is 0.274. The fourth-order valence-electron chi connectivity index (χ4n) is 1.91. The van der Waals surface area contributed by atoms with Gasteiger partial charge in [-0.15, -0.1) is 0 Å². The van der Waals surface area contributed by atoms with Crippen LogP contribution in [0.15, 0.2) is 18.2 Å². The van der Waals surface area contributed by atoms with Gasteiger partial charge in [0, 0.05) is 6.54 Å². The number of hydrogen-bond acceptors (Lipinski definition) is 2. The van der Waals surface area contributed by atoms with Crippen molar-refractivity contribution < 1.29 is 13.5 Å². The summed E-state index contributed by atoms with van der Waals surface area (Å²) in [5.74, 6) is 0.274. The highest BCUT2D eigenvalue weighted by molar-refractivity contribution is 5.56. The molecule has 0 saturated heterocycles. The van der Waals surface area contributed by atoms with Gasteiger partial charge in [0.25, 0.3) is 0 Å². The second-order valence-electron chi connectivity index (χ2n) is 4.47. The molecular formula is C15H21F2NO. The van der Waals surface area contributed by atoms with E-state index in [4.69, 9.17) is 0 Å². The fourth-order valence-corrected chi connectivity index (χ4v) is 1.91. The van der Waals surface area contributed by atoms with Crippen LogP contribution in [-0.4, -0.2) is 19.7 Å². The van der Waals surface area contributed by atoms with Crippen LogP contribution >= 0.6 is 0 Å². The minimum atomic E-state index is -2.78. The summed E-state index contributed by atoms with van der Waals surface area (Å²) in [7, 11) is 0. The molecule has 0 bridgehead atoms. The predicted molar refractivity (Wildman–Crippen MR) is 74.7 cm³/mol. The molecule has 1 aromatic carbocycles. The van der Waals surface area contributed by atoms with Crippen LogP contribution in [0.3, 0.4) is 0 Å². The number of aryl methyl sites for hydroxylation is 2. The molecule has 0 saturated carbocycles. The SMILES string of the molecule is CCCNCC=Cc1cc(C)c(OC(F)F)c(C)c1. The molecule has 0 aromatic heterocycles. The number of benzene rings is 1. The van der Waals surface area contributed by atoms with Crippen molar-refractivity contribution in [2.75, 3.05) is 13.1 Å². The lowest BCUT2D eigenvalue weighted by atomic mass is 10.1. The number of hydrogen-bond donors (Lipinski definition) is 1. The average molecular weight is 269 g/mol. The molecule has 1 rings (SSSR count). The lowest BCUT2D eigenvalue weighted by molar-refractivity contribution is -0.0507. The normalized spacial score (nSPS) is 11.5. The van der Waals surface area contributed by atoms with Crippen LogP contribution in [0.5, 0.6) is 5.75 Å². The maximum absolute atomic E-state index is 12.3. The summed E-state index contributed by atoms with van der Waals surface area (Å²) in [5, 5.41) is 3.26. The third kappa shape index (κ3) is 5.39. The summed E-state index contributed by atoms with van der Waals surface area (Å²) >= 11 is 0. The third-order valence-electron chi connectivity index (χ3n) is 2.69. The van der Waals surface area contributed by atoms with Crippen molar-refractivity contribution in [2.24, 2.45) is 0 Å². The second kappa shape index (κ2) is 7.89. The Morgan fingerprint density at radius 2 is 1.89 bits per heavy atom. The van der Waals surface area contributed by atoms with Gasteiger partial charge in [-0.2, -0.15) is 8.78 Å². The van der Waals surface area contributed by atoms with Crippen LogP contribution in [0.1, 0.15) is 30.0 Å². The van der Waals surface area contributed by atoms with Crippen molar-refractivity contribution in [3.8, 4) is 5.75 Å². The number of ether oxygens (including phenoxy) is 1.